The molecule has 3 rings (SSSR count). The quantitative estimate of drug-likeness (QED) is 0.937. The van der Waals surface area contributed by atoms with Crippen molar-refractivity contribution in [2.75, 3.05) is 13.1 Å². The van der Waals surface area contributed by atoms with Crippen LogP contribution in [-0.2, 0) is 11.3 Å². The number of halogens is 3. The summed E-state index contributed by atoms with van der Waals surface area (Å²) in [4.78, 5) is 17.4. The highest BCUT2D eigenvalue weighted by Gasteiger charge is 2.51. The number of hydrogen-bond donors (Lipinski definition) is 1. The number of aromatic nitrogens is 1. The van der Waals surface area contributed by atoms with Crippen molar-refractivity contribution in [3.8, 4) is 0 Å². The predicted molar refractivity (Wildman–Crippen MR) is 84.0 cm³/mol. The minimum Gasteiger partial charge on any atom is -0.369 e. The lowest BCUT2D eigenvalue weighted by molar-refractivity contribution is -0.182. The zero-order chi connectivity index (χ0) is 17.5. The van der Waals surface area contributed by atoms with Crippen molar-refractivity contribution in [1.29, 1.82) is 0 Å². The lowest BCUT2D eigenvalue weighted by Crippen LogP contribution is -2.37. The smallest absolute Gasteiger partial charge is 0.369 e. The molecule has 1 aromatic carbocycles. The molecule has 0 radical (unpaired) electrons. The molecule has 24 heavy (non-hydrogen) atoms. The fourth-order valence-electron chi connectivity index (χ4n) is 3.27. The van der Waals surface area contributed by atoms with Gasteiger partial charge in [0.05, 0.1) is 17.4 Å². The van der Waals surface area contributed by atoms with Gasteiger partial charge >= 0.3 is 6.18 Å². The molecule has 0 spiro atoms. The fraction of sp³-hybridized carbons (Fsp3) is 0.412. The number of carbonyl (C=O) groups excluding carboxylic acids is 1. The number of pyridine rings is 1. The van der Waals surface area contributed by atoms with E-state index in [0.717, 1.165) is 22.2 Å². The van der Waals surface area contributed by atoms with Crippen LogP contribution in [-0.4, -0.2) is 35.1 Å². The first kappa shape index (κ1) is 16.7. The number of primary amides is 1. The number of fused-ring (bicyclic) bond motifs is 1. The standard InChI is InChI=1S/C17H18F3N3O/c1-10-2-4-12-6-11(3-5-15(12)22-10)7-23-8-13(16(21)24)14(9-23)17(18,19)20/h2-6,13-14H,7-9H2,1H3,(H2,21,24)/t13-,14-/m1/s1. The molecule has 7 heteroatoms. The van der Waals surface area contributed by atoms with E-state index in [0.29, 0.717) is 6.54 Å². The minimum absolute atomic E-state index is 0.0314. The topological polar surface area (TPSA) is 59.2 Å². The van der Waals surface area contributed by atoms with Gasteiger partial charge in [0, 0.05) is 30.7 Å². The first-order chi connectivity index (χ1) is 11.2. The van der Waals surface area contributed by atoms with Crippen molar-refractivity contribution in [3.63, 3.8) is 0 Å². The van der Waals surface area contributed by atoms with Crippen LogP contribution >= 0.6 is 0 Å². The van der Waals surface area contributed by atoms with E-state index in [1.54, 1.807) is 4.90 Å². The zero-order valence-electron chi connectivity index (χ0n) is 13.2. The summed E-state index contributed by atoms with van der Waals surface area (Å²) in [7, 11) is 0. The Labute approximate surface area is 137 Å². The third-order valence-electron chi connectivity index (χ3n) is 4.48. The zero-order valence-corrected chi connectivity index (χ0v) is 13.2. The molecular weight excluding hydrogens is 319 g/mol. The van der Waals surface area contributed by atoms with E-state index in [-0.39, 0.29) is 13.1 Å². The first-order valence-corrected chi connectivity index (χ1v) is 7.69. The van der Waals surface area contributed by atoms with E-state index in [1.807, 2.05) is 37.3 Å². The van der Waals surface area contributed by atoms with Gasteiger partial charge in [-0.2, -0.15) is 13.2 Å². The average Bonchev–Trinajstić information content (AvgIpc) is 2.92. The van der Waals surface area contributed by atoms with Gasteiger partial charge in [-0.1, -0.05) is 12.1 Å². The van der Waals surface area contributed by atoms with E-state index in [2.05, 4.69) is 4.98 Å². The molecule has 1 fully saturated rings. The number of likely N-dealkylation sites (tertiary alicyclic amines) is 1. The Kier molecular flexibility index (Phi) is 4.21. The summed E-state index contributed by atoms with van der Waals surface area (Å²) in [6, 6.07) is 9.47. The van der Waals surface area contributed by atoms with Crippen LogP contribution in [0.3, 0.4) is 0 Å². The van der Waals surface area contributed by atoms with Crippen molar-refractivity contribution >= 4 is 16.8 Å². The van der Waals surface area contributed by atoms with Gasteiger partial charge in [-0.05, 0) is 30.7 Å². The number of amides is 1. The Bertz CT molecular complexity index is 775. The maximum Gasteiger partial charge on any atom is 0.393 e. The number of nitrogens with zero attached hydrogens (tertiary/aromatic N) is 2. The molecule has 1 aliphatic rings. The van der Waals surface area contributed by atoms with E-state index in [9.17, 15) is 18.0 Å². The van der Waals surface area contributed by atoms with Crippen molar-refractivity contribution in [3.05, 3.63) is 41.6 Å². The van der Waals surface area contributed by atoms with Crippen molar-refractivity contribution in [1.82, 2.24) is 9.88 Å². The fourth-order valence-corrected chi connectivity index (χ4v) is 3.27. The van der Waals surface area contributed by atoms with Gasteiger partial charge in [-0.25, -0.2) is 0 Å². The second-order valence-corrected chi connectivity index (χ2v) is 6.33. The largest absolute Gasteiger partial charge is 0.393 e. The van der Waals surface area contributed by atoms with Crippen LogP contribution in [0.5, 0.6) is 0 Å². The number of carbonyl (C=O) groups is 1. The molecule has 1 amide bonds. The van der Waals surface area contributed by atoms with Crippen LogP contribution in [0.25, 0.3) is 10.9 Å². The van der Waals surface area contributed by atoms with Crippen LogP contribution in [0, 0.1) is 18.8 Å². The molecule has 0 bridgehead atoms. The molecule has 2 N–H and O–H groups in total. The average molecular weight is 337 g/mol. The highest BCUT2D eigenvalue weighted by molar-refractivity contribution is 5.79. The molecule has 1 saturated heterocycles. The summed E-state index contributed by atoms with van der Waals surface area (Å²) in [6.07, 6.45) is -4.42. The number of rotatable bonds is 3. The summed E-state index contributed by atoms with van der Waals surface area (Å²) in [5.41, 5.74) is 7.80. The third kappa shape index (κ3) is 3.36. The third-order valence-corrected chi connectivity index (χ3v) is 4.48. The normalized spacial score (nSPS) is 22.2. The molecule has 4 nitrogen and oxygen atoms in total. The van der Waals surface area contributed by atoms with Crippen LogP contribution in [0.2, 0.25) is 0 Å². The maximum absolute atomic E-state index is 13.1. The number of hydrogen-bond acceptors (Lipinski definition) is 3. The minimum atomic E-state index is -4.42. The highest BCUT2D eigenvalue weighted by atomic mass is 19.4. The Morgan fingerprint density at radius 2 is 2.04 bits per heavy atom. The van der Waals surface area contributed by atoms with Crippen LogP contribution < -0.4 is 5.73 Å². The molecule has 2 atom stereocenters. The lowest BCUT2D eigenvalue weighted by Gasteiger charge is -2.19. The Morgan fingerprint density at radius 3 is 2.67 bits per heavy atom. The molecule has 1 aromatic heterocycles. The molecule has 0 saturated carbocycles. The number of nitrogens with two attached hydrogens (primary N) is 1. The Balaban J connectivity index is 1.79. The summed E-state index contributed by atoms with van der Waals surface area (Å²) >= 11 is 0. The van der Waals surface area contributed by atoms with Gasteiger partial charge in [0.15, 0.2) is 0 Å². The number of benzene rings is 1. The van der Waals surface area contributed by atoms with Gasteiger partial charge in [0.25, 0.3) is 0 Å². The molecular formula is C17H18F3N3O. The van der Waals surface area contributed by atoms with E-state index in [4.69, 9.17) is 5.73 Å². The van der Waals surface area contributed by atoms with Crippen molar-refractivity contribution in [2.24, 2.45) is 17.6 Å². The number of aryl methyl sites for hydroxylation is 1. The van der Waals surface area contributed by atoms with Gasteiger partial charge in [-0.3, -0.25) is 14.7 Å². The summed E-state index contributed by atoms with van der Waals surface area (Å²) in [5.74, 6) is -3.77. The molecule has 0 unspecified atom stereocenters. The molecule has 128 valence electrons. The van der Waals surface area contributed by atoms with Gasteiger partial charge in [0.2, 0.25) is 5.91 Å². The second-order valence-electron chi connectivity index (χ2n) is 6.33. The van der Waals surface area contributed by atoms with Gasteiger partial charge in [-0.15, -0.1) is 0 Å². The summed E-state index contributed by atoms with van der Waals surface area (Å²) in [5, 5.41) is 0.941. The van der Waals surface area contributed by atoms with Crippen molar-refractivity contribution < 1.29 is 18.0 Å². The van der Waals surface area contributed by atoms with E-state index < -0.39 is 23.9 Å². The second kappa shape index (κ2) is 6.05. The predicted octanol–water partition coefficient (Wildman–Crippen LogP) is 2.64. The summed E-state index contributed by atoms with van der Waals surface area (Å²) in [6.45, 7) is 2.07. The SMILES string of the molecule is Cc1ccc2cc(CN3C[C@@H](C(F)(F)F)[C@H](C(N)=O)C3)ccc2n1. The molecule has 2 aromatic rings. The summed E-state index contributed by atoms with van der Waals surface area (Å²) < 4.78 is 39.3. The molecule has 1 aliphatic heterocycles. The monoisotopic (exact) mass is 337 g/mol. The Morgan fingerprint density at radius 1 is 1.29 bits per heavy atom. The van der Waals surface area contributed by atoms with E-state index >= 15 is 0 Å². The van der Waals surface area contributed by atoms with Gasteiger partial charge in [0.1, 0.15) is 0 Å². The highest BCUT2D eigenvalue weighted by Crippen LogP contribution is 2.38. The first-order valence-electron chi connectivity index (χ1n) is 7.69. The van der Waals surface area contributed by atoms with Crippen LogP contribution in [0.15, 0.2) is 30.3 Å². The van der Waals surface area contributed by atoms with Crippen molar-refractivity contribution in [2.45, 2.75) is 19.6 Å². The molecule has 2 heterocycles. The van der Waals surface area contributed by atoms with Gasteiger partial charge < -0.3 is 5.73 Å². The van der Waals surface area contributed by atoms with E-state index in [1.165, 1.54) is 0 Å². The Hall–Kier alpha value is -2.15. The number of alkyl halides is 3. The van der Waals surface area contributed by atoms with Crippen LogP contribution in [0.1, 0.15) is 11.3 Å². The molecule has 0 aliphatic carbocycles. The lowest BCUT2D eigenvalue weighted by atomic mass is 9.95. The maximum atomic E-state index is 13.1. The van der Waals surface area contributed by atoms with Crippen LogP contribution in [0.4, 0.5) is 13.2 Å².